The number of aryl methyl sites for hydroxylation is 1. The zero-order valence-corrected chi connectivity index (χ0v) is 51.7. The van der Waals surface area contributed by atoms with Gasteiger partial charge >= 0.3 is 0 Å². The number of morpholine rings is 1. The number of methoxy groups -OCH3 is 1. The standard InChI is InChI=1S/C66H79N11O11S/c1-40-7-4-5-8-47(40)57-36-73(52-10-6-9-48-50(52)35-68-63(61(48)83-3)74-24-28-86-37-41(74)2)22-23-75(57)45-33-66(34-45)17-20-72(21-18-66)44-11-12-49(54(30-44)76-53-16-27-85-39-59(53)88-65-56(76)29-43-13-19-67-62(43)70-65)64(78)71-89(81,82)46-31-55(77(79)80)60-58(32-46)87-38-51(69-60)42-14-25-84-26-15-42/h4-5,7-8,11-13,19,29-32,35,41-42,45,51-53,57,59,69H,6,9-10,14-18,20-28,33-34,36-39H2,1-3H3,(H,67,70)(H,71,78)/t41-,51-,52+,53-,57-,59-/m0/s1. The van der Waals surface area contributed by atoms with Gasteiger partial charge in [-0.25, -0.2) is 18.1 Å². The summed E-state index contributed by atoms with van der Waals surface area (Å²) in [6.07, 6.45) is 13.1. The second-order valence-electron chi connectivity index (χ2n) is 26.1. The third-order valence-electron chi connectivity index (χ3n) is 21.2. The second kappa shape index (κ2) is 23.5. The molecule has 0 bridgehead atoms. The number of piperazine rings is 1. The number of nitrogens with one attached hydrogen (secondary N) is 3. The molecule has 3 aromatic carbocycles. The Hall–Kier alpha value is -7.28. The summed E-state index contributed by atoms with van der Waals surface area (Å²) < 4.78 is 67.6. The fourth-order valence-electron chi connectivity index (χ4n) is 16.4. The highest BCUT2D eigenvalue weighted by atomic mass is 32.2. The number of H-pyrrole nitrogens is 1. The Labute approximate surface area is 518 Å². The summed E-state index contributed by atoms with van der Waals surface area (Å²) in [5.74, 6) is 1.52. The van der Waals surface area contributed by atoms with Crippen molar-refractivity contribution >= 4 is 61.2 Å². The smallest absolute Gasteiger partial charge is 0.297 e. The number of aromatic amines is 1. The van der Waals surface area contributed by atoms with E-state index in [2.05, 4.69) is 83.8 Å². The molecule has 15 rings (SSSR count). The van der Waals surface area contributed by atoms with E-state index < -0.39 is 37.5 Å². The van der Waals surface area contributed by atoms with Crippen molar-refractivity contribution in [2.24, 2.45) is 11.3 Å². The molecule has 5 saturated heterocycles. The normalized spacial score (nSPS) is 25.8. The highest BCUT2D eigenvalue weighted by molar-refractivity contribution is 7.90. The Kier molecular flexibility index (Phi) is 15.4. The van der Waals surface area contributed by atoms with Crippen molar-refractivity contribution in [2.45, 2.75) is 125 Å². The first kappa shape index (κ1) is 58.1. The SMILES string of the molecule is COc1c(N2CCOC[C@@H]2C)ncc2c1CCC[C@H]2N1CCN(C2CC3(CCN(c4ccc(C(=O)NS(=O)(=O)c5cc6c(c([N+](=O)[O-])c5)N[C@H](C5CCOCC5)CO6)c(N5c6cc7cc[nH]c7nc6O[C@H]6COCC[C@@H]65)c4)CC3)C2)[C@H](c2ccccc2C)C1. The molecule has 1 spiro atoms. The highest BCUT2D eigenvalue weighted by Crippen LogP contribution is 2.55. The van der Waals surface area contributed by atoms with Gasteiger partial charge in [0, 0.05) is 118 Å². The minimum atomic E-state index is -4.72. The summed E-state index contributed by atoms with van der Waals surface area (Å²) in [4.78, 5) is 52.2. The summed E-state index contributed by atoms with van der Waals surface area (Å²) >= 11 is 0. The third-order valence-corrected chi connectivity index (χ3v) is 22.5. The van der Waals surface area contributed by atoms with Crippen LogP contribution in [-0.4, -0.2) is 167 Å². The molecule has 1 saturated carbocycles. The van der Waals surface area contributed by atoms with Crippen LogP contribution in [0.15, 0.2) is 84.0 Å². The van der Waals surface area contributed by atoms with E-state index in [-0.39, 0.29) is 65.1 Å². The van der Waals surface area contributed by atoms with E-state index in [9.17, 15) is 18.5 Å². The van der Waals surface area contributed by atoms with Crippen LogP contribution in [0.1, 0.15) is 109 Å². The van der Waals surface area contributed by atoms with Crippen LogP contribution in [0.2, 0.25) is 0 Å². The number of amides is 1. The number of nitrogens with zero attached hydrogens (tertiary/aromatic N) is 8. The molecule has 22 nitrogen and oxygen atoms in total. The van der Waals surface area contributed by atoms with Gasteiger partial charge in [0.25, 0.3) is 21.6 Å². The number of nitro benzene ring substituents is 1. The van der Waals surface area contributed by atoms with Crippen molar-refractivity contribution in [2.75, 3.05) is 113 Å². The summed E-state index contributed by atoms with van der Waals surface area (Å²) in [7, 11) is -2.92. The molecular weight excluding hydrogens is 1150 g/mol. The van der Waals surface area contributed by atoms with Crippen LogP contribution in [0.25, 0.3) is 11.0 Å². The lowest BCUT2D eigenvalue weighted by Crippen LogP contribution is -2.60. The van der Waals surface area contributed by atoms with Gasteiger partial charge in [0.2, 0.25) is 5.88 Å². The fourth-order valence-corrected chi connectivity index (χ4v) is 17.4. The van der Waals surface area contributed by atoms with E-state index in [4.69, 9.17) is 38.4 Å². The maximum absolute atomic E-state index is 15.0. The molecule has 10 heterocycles. The van der Waals surface area contributed by atoms with Crippen molar-refractivity contribution < 1.29 is 46.6 Å². The zero-order valence-electron chi connectivity index (χ0n) is 50.9. The number of rotatable bonds is 12. The number of carbonyl (C=O) groups is 1. The predicted octanol–water partition coefficient (Wildman–Crippen LogP) is 9.00. The van der Waals surface area contributed by atoms with E-state index in [1.807, 2.05) is 30.5 Å². The van der Waals surface area contributed by atoms with Gasteiger partial charge in [-0.2, -0.15) is 4.98 Å². The minimum Gasteiger partial charge on any atom is -0.493 e. The van der Waals surface area contributed by atoms with Crippen molar-refractivity contribution in [1.29, 1.82) is 0 Å². The number of aromatic nitrogens is 3. The molecule has 3 N–H and O–H groups in total. The number of carbonyl (C=O) groups excluding carboxylic acids is 1. The monoisotopic (exact) mass is 1230 g/mol. The molecule has 1 amide bonds. The van der Waals surface area contributed by atoms with Gasteiger partial charge in [-0.3, -0.25) is 24.7 Å². The van der Waals surface area contributed by atoms with Gasteiger partial charge < -0.3 is 53.4 Å². The van der Waals surface area contributed by atoms with Gasteiger partial charge in [-0.15, -0.1) is 0 Å². The lowest BCUT2D eigenvalue weighted by Gasteiger charge is -2.59. The first-order valence-corrected chi connectivity index (χ1v) is 33.5. The Morgan fingerprint density at radius 1 is 0.876 bits per heavy atom. The van der Waals surface area contributed by atoms with E-state index in [0.29, 0.717) is 75.0 Å². The first-order chi connectivity index (χ1) is 43.3. The lowest BCUT2D eigenvalue weighted by molar-refractivity contribution is -0.384. The summed E-state index contributed by atoms with van der Waals surface area (Å²) in [5.41, 5.74) is 7.95. The van der Waals surface area contributed by atoms with Crippen molar-refractivity contribution in [3.8, 4) is 17.4 Å². The summed E-state index contributed by atoms with van der Waals surface area (Å²) in [6.45, 7) is 13.2. The van der Waals surface area contributed by atoms with Gasteiger partial charge in [0.05, 0.1) is 66.1 Å². The second-order valence-corrected chi connectivity index (χ2v) is 27.8. The topological polar surface area (TPSA) is 232 Å². The average molecular weight is 1230 g/mol. The Balaban J connectivity index is 0.688. The van der Waals surface area contributed by atoms with Crippen molar-refractivity contribution in [1.82, 2.24) is 29.5 Å². The molecule has 89 heavy (non-hydrogen) atoms. The molecule has 9 aliphatic rings. The minimum absolute atomic E-state index is 0.0274. The molecule has 23 heteroatoms. The number of nitro groups is 1. The van der Waals surface area contributed by atoms with Crippen LogP contribution >= 0.6 is 0 Å². The number of benzene rings is 3. The molecule has 2 aliphatic carbocycles. The maximum atomic E-state index is 15.0. The van der Waals surface area contributed by atoms with Crippen LogP contribution in [0, 0.1) is 28.4 Å². The van der Waals surface area contributed by atoms with Crippen molar-refractivity contribution in [3.05, 3.63) is 117 Å². The van der Waals surface area contributed by atoms with Crippen molar-refractivity contribution in [3.63, 3.8) is 0 Å². The zero-order chi connectivity index (χ0) is 60.7. The number of fused-ring (bicyclic) bond motifs is 5. The summed E-state index contributed by atoms with van der Waals surface area (Å²) in [6, 6.07) is 21.4. The fraction of sp³-hybridized carbons (Fsp3) is 0.530. The van der Waals surface area contributed by atoms with Gasteiger partial charge in [-0.05, 0) is 136 Å². The molecule has 6 aromatic rings. The lowest BCUT2D eigenvalue weighted by atomic mass is 9.59. The molecular formula is C66H79N11O11S. The molecule has 0 unspecified atom stereocenters. The Morgan fingerprint density at radius 2 is 1.70 bits per heavy atom. The number of hydrogen-bond donors (Lipinski definition) is 3. The van der Waals surface area contributed by atoms with Gasteiger partial charge in [-0.1, -0.05) is 24.3 Å². The maximum Gasteiger partial charge on any atom is 0.297 e. The largest absolute Gasteiger partial charge is 0.493 e. The number of ether oxygens (including phenoxy) is 6. The summed E-state index contributed by atoms with van der Waals surface area (Å²) in [5, 5.41) is 16.8. The van der Waals surface area contributed by atoms with Crippen LogP contribution in [0.3, 0.4) is 0 Å². The number of anilines is 5. The van der Waals surface area contributed by atoms with E-state index >= 15 is 4.79 Å². The van der Waals surface area contributed by atoms with E-state index in [1.54, 1.807) is 13.2 Å². The highest BCUT2D eigenvalue weighted by Gasteiger charge is 2.51. The van der Waals surface area contributed by atoms with Crippen LogP contribution < -0.4 is 38.9 Å². The Bertz CT molecular complexity index is 3810. The number of sulfonamides is 1. The molecule has 470 valence electrons. The van der Waals surface area contributed by atoms with Crippen LogP contribution in [-0.2, 0) is 30.7 Å². The Morgan fingerprint density at radius 3 is 2.51 bits per heavy atom. The average Bonchev–Trinajstić information content (AvgIpc) is 1.52. The quantitative estimate of drug-likeness (QED) is 0.0766. The molecule has 0 radical (unpaired) electrons. The number of hydrogen-bond acceptors (Lipinski definition) is 19. The molecule has 7 aliphatic heterocycles. The van der Waals surface area contributed by atoms with Crippen LogP contribution in [0.4, 0.5) is 34.3 Å². The first-order valence-electron chi connectivity index (χ1n) is 32.0. The third kappa shape index (κ3) is 10.7. The number of piperidine rings is 1. The van der Waals surface area contributed by atoms with E-state index in [0.717, 1.165) is 126 Å². The molecule has 6 fully saturated rings. The number of pyridine rings is 2. The van der Waals surface area contributed by atoms with Gasteiger partial charge in [0.15, 0.2) is 23.0 Å². The van der Waals surface area contributed by atoms with Gasteiger partial charge in [0.1, 0.15) is 24.0 Å². The predicted molar refractivity (Wildman–Crippen MR) is 336 cm³/mol. The molecule has 6 atom stereocenters. The molecule has 3 aromatic heterocycles. The van der Waals surface area contributed by atoms with Crippen LogP contribution in [0.5, 0.6) is 17.4 Å². The van der Waals surface area contributed by atoms with E-state index in [1.165, 1.54) is 28.3 Å².